The molecular weight excluding hydrogens is 448 g/mol. The summed E-state index contributed by atoms with van der Waals surface area (Å²) in [4.78, 5) is 22.7. The topological polar surface area (TPSA) is 202 Å². The van der Waals surface area contributed by atoms with Crippen molar-refractivity contribution in [1.29, 1.82) is 0 Å². The Bertz CT molecular complexity index is 660. The maximum absolute atomic E-state index is 12.1. The van der Waals surface area contributed by atoms with Crippen molar-refractivity contribution in [3.8, 4) is 0 Å². The first-order valence-electron chi connectivity index (χ1n) is 10.7. The van der Waals surface area contributed by atoms with Crippen LogP contribution in [0.3, 0.4) is 0 Å². The Kier molecular flexibility index (Phi) is 9.96. The highest BCUT2D eigenvalue weighted by molar-refractivity contribution is 5.71. The number of hydrogen-bond donors (Lipinski definition) is 6. The molecule has 12 unspecified atom stereocenters. The third kappa shape index (κ3) is 7.28. The van der Waals surface area contributed by atoms with E-state index in [0.29, 0.717) is 0 Å². The summed E-state index contributed by atoms with van der Waals surface area (Å²) < 4.78 is 27.3. The summed E-state index contributed by atoms with van der Waals surface area (Å²) in [6.45, 7) is 5.89. The van der Waals surface area contributed by atoms with Gasteiger partial charge >= 0.3 is 11.9 Å². The molecule has 0 bridgehead atoms. The van der Waals surface area contributed by atoms with Crippen LogP contribution in [0.25, 0.3) is 0 Å². The molecule has 6 N–H and O–H groups in total. The minimum Gasteiger partial charge on any atom is -0.481 e. The van der Waals surface area contributed by atoms with E-state index in [2.05, 4.69) is 0 Å². The SMILES string of the molecule is CC(CC(=O)O)OC(=O)CC(C)OC1OC(C)C(O)C(O)C1OC1OC(C)C(O)C(O)C1O. The van der Waals surface area contributed by atoms with E-state index in [1.165, 1.54) is 27.7 Å². The van der Waals surface area contributed by atoms with Crippen LogP contribution < -0.4 is 0 Å². The highest BCUT2D eigenvalue weighted by atomic mass is 16.8. The number of carbonyl (C=O) groups excluding carboxylic acids is 1. The number of carboxylic acids is 1. The maximum Gasteiger partial charge on any atom is 0.308 e. The fourth-order valence-electron chi connectivity index (χ4n) is 3.61. The minimum absolute atomic E-state index is 0.270. The molecular formula is C20H34O13. The lowest BCUT2D eigenvalue weighted by atomic mass is 9.98. The number of aliphatic carboxylic acids is 1. The Balaban J connectivity index is 2.04. The molecule has 0 aromatic rings. The zero-order chi connectivity index (χ0) is 25.0. The van der Waals surface area contributed by atoms with Crippen molar-refractivity contribution in [2.45, 2.75) is 114 Å². The average molecular weight is 482 g/mol. The average Bonchev–Trinajstić information content (AvgIpc) is 2.70. The molecule has 2 heterocycles. The molecule has 2 rings (SSSR count). The van der Waals surface area contributed by atoms with E-state index >= 15 is 0 Å². The van der Waals surface area contributed by atoms with Crippen LogP contribution in [-0.4, -0.2) is 116 Å². The summed E-state index contributed by atoms with van der Waals surface area (Å²) in [6.07, 6.45) is -15.8. The highest BCUT2D eigenvalue weighted by Gasteiger charge is 2.49. The fraction of sp³-hybridized carbons (Fsp3) is 0.900. The Hall–Kier alpha value is -1.42. The molecule has 13 heteroatoms. The molecule has 0 aliphatic carbocycles. The molecule has 0 amide bonds. The zero-order valence-electron chi connectivity index (χ0n) is 18.9. The molecule has 0 spiro atoms. The number of carbonyl (C=O) groups is 2. The van der Waals surface area contributed by atoms with Crippen LogP contribution in [0.2, 0.25) is 0 Å². The van der Waals surface area contributed by atoms with Crippen LogP contribution in [0.4, 0.5) is 0 Å². The lowest BCUT2D eigenvalue weighted by molar-refractivity contribution is -0.365. The minimum atomic E-state index is -1.66. The number of hydrogen-bond acceptors (Lipinski definition) is 12. The first-order valence-corrected chi connectivity index (χ1v) is 10.7. The van der Waals surface area contributed by atoms with Gasteiger partial charge in [-0.05, 0) is 27.7 Å². The van der Waals surface area contributed by atoms with Gasteiger partial charge in [0, 0.05) is 0 Å². The van der Waals surface area contributed by atoms with Gasteiger partial charge in [-0.25, -0.2) is 0 Å². The largest absolute Gasteiger partial charge is 0.481 e. The second-order valence-electron chi connectivity index (χ2n) is 8.52. The van der Waals surface area contributed by atoms with Gasteiger partial charge in [0.05, 0.1) is 31.2 Å². The predicted octanol–water partition coefficient (Wildman–Crippen LogP) is -2.13. The molecule has 0 aromatic heterocycles. The van der Waals surface area contributed by atoms with Crippen LogP contribution in [0.5, 0.6) is 0 Å². The van der Waals surface area contributed by atoms with Crippen LogP contribution in [0.15, 0.2) is 0 Å². The number of esters is 1. The standard InChI is InChI=1S/C20H34O13/c1-7(5-11(21)22)29-12(23)6-8(2)30-20-18(16(27)14(25)10(4)32-20)33-19-17(28)15(26)13(24)9(3)31-19/h7-10,13-20,24-28H,5-6H2,1-4H3,(H,21,22). The Morgan fingerprint density at radius 1 is 0.788 bits per heavy atom. The van der Waals surface area contributed by atoms with Gasteiger partial charge in [-0.15, -0.1) is 0 Å². The fourth-order valence-corrected chi connectivity index (χ4v) is 3.61. The molecule has 0 aromatic carbocycles. The number of carboxylic acid groups (broad SMARTS) is 1. The number of ether oxygens (including phenoxy) is 5. The Morgan fingerprint density at radius 2 is 1.33 bits per heavy atom. The second kappa shape index (κ2) is 11.8. The quantitative estimate of drug-likeness (QED) is 0.195. The molecule has 2 saturated heterocycles. The zero-order valence-corrected chi connectivity index (χ0v) is 18.9. The Morgan fingerprint density at radius 3 is 1.91 bits per heavy atom. The third-order valence-corrected chi connectivity index (χ3v) is 5.50. The van der Waals surface area contributed by atoms with Gasteiger partial charge in [0.15, 0.2) is 12.6 Å². The van der Waals surface area contributed by atoms with E-state index in [1.807, 2.05) is 0 Å². The van der Waals surface area contributed by atoms with Gasteiger partial charge in [-0.2, -0.15) is 0 Å². The number of aliphatic hydroxyl groups excluding tert-OH is 5. The summed E-state index contributed by atoms with van der Waals surface area (Å²) in [6, 6.07) is 0. The normalized spacial score (nSPS) is 41.2. The molecule has 192 valence electrons. The summed E-state index contributed by atoms with van der Waals surface area (Å²) >= 11 is 0. The van der Waals surface area contributed by atoms with Gasteiger partial charge < -0.3 is 54.3 Å². The Labute approximate surface area is 190 Å². The van der Waals surface area contributed by atoms with Crippen molar-refractivity contribution in [3.05, 3.63) is 0 Å². The van der Waals surface area contributed by atoms with Gasteiger partial charge in [0.1, 0.15) is 42.7 Å². The summed E-state index contributed by atoms with van der Waals surface area (Å²) in [5, 5.41) is 59.5. The molecule has 12 atom stereocenters. The van der Waals surface area contributed by atoms with E-state index in [-0.39, 0.29) is 12.8 Å². The van der Waals surface area contributed by atoms with Crippen molar-refractivity contribution in [1.82, 2.24) is 0 Å². The van der Waals surface area contributed by atoms with E-state index in [0.717, 1.165) is 0 Å². The van der Waals surface area contributed by atoms with Crippen molar-refractivity contribution in [2.24, 2.45) is 0 Å². The molecule has 13 nitrogen and oxygen atoms in total. The molecule has 0 radical (unpaired) electrons. The van der Waals surface area contributed by atoms with Crippen molar-refractivity contribution >= 4 is 11.9 Å². The number of rotatable bonds is 9. The van der Waals surface area contributed by atoms with Crippen LogP contribution in [0, 0.1) is 0 Å². The highest BCUT2D eigenvalue weighted by Crippen LogP contribution is 2.30. The monoisotopic (exact) mass is 482 g/mol. The second-order valence-corrected chi connectivity index (χ2v) is 8.52. The first kappa shape index (κ1) is 27.8. The molecule has 0 saturated carbocycles. The van der Waals surface area contributed by atoms with Gasteiger partial charge in [0.25, 0.3) is 0 Å². The van der Waals surface area contributed by atoms with E-state index in [1.54, 1.807) is 0 Å². The van der Waals surface area contributed by atoms with E-state index in [4.69, 9.17) is 28.8 Å². The predicted molar refractivity (Wildman–Crippen MR) is 107 cm³/mol. The van der Waals surface area contributed by atoms with Gasteiger partial charge in [-0.3, -0.25) is 9.59 Å². The van der Waals surface area contributed by atoms with Crippen molar-refractivity contribution < 1.29 is 63.9 Å². The van der Waals surface area contributed by atoms with E-state index in [9.17, 15) is 35.1 Å². The lowest BCUT2D eigenvalue weighted by Crippen LogP contribution is -2.63. The van der Waals surface area contributed by atoms with Crippen LogP contribution in [-0.2, 0) is 33.3 Å². The number of aliphatic hydroxyl groups is 5. The van der Waals surface area contributed by atoms with Crippen molar-refractivity contribution in [3.63, 3.8) is 0 Å². The van der Waals surface area contributed by atoms with Gasteiger partial charge in [0.2, 0.25) is 0 Å². The van der Waals surface area contributed by atoms with Gasteiger partial charge in [-0.1, -0.05) is 0 Å². The van der Waals surface area contributed by atoms with E-state index < -0.39 is 85.6 Å². The molecule has 2 aliphatic rings. The first-order chi connectivity index (χ1) is 15.3. The van der Waals surface area contributed by atoms with Crippen LogP contribution in [0.1, 0.15) is 40.5 Å². The summed E-state index contributed by atoms with van der Waals surface area (Å²) in [5.74, 6) is -1.83. The van der Waals surface area contributed by atoms with Crippen molar-refractivity contribution in [2.75, 3.05) is 0 Å². The molecule has 2 fully saturated rings. The summed E-state index contributed by atoms with van der Waals surface area (Å²) in [7, 11) is 0. The lowest BCUT2D eigenvalue weighted by Gasteiger charge is -2.45. The molecule has 33 heavy (non-hydrogen) atoms. The third-order valence-electron chi connectivity index (χ3n) is 5.50. The summed E-state index contributed by atoms with van der Waals surface area (Å²) in [5.41, 5.74) is 0. The smallest absolute Gasteiger partial charge is 0.308 e. The maximum atomic E-state index is 12.1. The molecule has 2 aliphatic heterocycles. The van der Waals surface area contributed by atoms with Crippen LogP contribution >= 0.6 is 0 Å².